The fraction of sp³-hybridized carbons (Fsp3) is 0.188. The molecule has 3 aromatic rings. The van der Waals surface area contributed by atoms with Crippen molar-refractivity contribution >= 4 is 23.1 Å². The third-order valence-electron chi connectivity index (χ3n) is 3.38. The molecule has 0 spiro atoms. The van der Waals surface area contributed by atoms with Gasteiger partial charge < -0.3 is 4.98 Å². The molecule has 0 fully saturated rings. The summed E-state index contributed by atoms with van der Waals surface area (Å²) >= 11 is 5.39. The monoisotopic (exact) mass is 281 g/mol. The summed E-state index contributed by atoms with van der Waals surface area (Å²) in [6.45, 7) is 4.26. The van der Waals surface area contributed by atoms with Crippen LogP contribution < -0.4 is 0 Å². The Kier molecular flexibility index (Phi) is 3.32. The molecule has 0 atom stereocenters. The molecule has 100 valence electrons. The zero-order valence-electron chi connectivity index (χ0n) is 11.4. The third-order valence-corrected chi connectivity index (χ3v) is 3.71. The van der Waals surface area contributed by atoms with Crippen molar-refractivity contribution in [3.05, 3.63) is 53.1 Å². The van der Waals surface area contributed by atoms with Crippen LogP contribution in [0.25, 0.3) is 22.2 Å². The molecule has 0 amide bonds. The van der Waals surface area contributed by atoms with Gasteiger partial charge in [0.15, 0.2) is 0 Å². The fourth-order valence-electron chi connectivity index (χ4n) is 2.49. The molecule has 2 aromatic heterocycles. The lowest BCUT2D eigenvalue weighted by atomic mass is 9.96. The minimum Gasteiger partial charge on any atom is -0.346 e. The molecule has 0 aliphatic rings. The fourth-order valence-corrected chi connectivity index (χ4v) is 2.88. The number of nitrogens with one attached hydrogen (secondary N) is 1. The lowest BCUT2D eigenvalue weighted by molar-refractivity contribution is 0.844. The summed E-state index contributed by atoms with van der Waals surface area (Å²) in [6.07, 6.45) is 3.48. The molecule has 0 radical (unpaired) electrons. The summed E-state index contributed by atoms with van der Waals surface area (Å²) in [5, 5.41) is 1.12. The molecule has 1 aromatic carbocycles. The summed E-state index contributed by atoms with van der Waals surface area (Å²) in [7, 11) is 0. The Morgan fingerprint density at radius 2 is 1.95 bits per heavy atom. The molecule has 0 unspecified atom stereocenters. The van der Waals surface area contributed by atoms with E-state index >= 15 is 0 Å². The second-order valence-corrected chi connectivity index (χ2v) is 5.41. The molecule has 0 saturated carbocycles. The highest BCUT2D eigenvalue weighted by Crippen LogP contribution is 2.31. The maximum absolute atomic E-state index is 5.39. The van der Waals surface area contributed by atoms with Crippen LogP contribution in [0.5, 0.6) is 0 Å². The van der Waals surface area contributed by atoms with Crippen LogP contribution >= 0.6 is 12.2 Å². The Hall–Kier alpha value is -2.07. The number of aromatic nitrogens is 3. The van der Waals surface area contributed by atoms with Gasteiger partial charge in [-0.05, 0) is 18.1 Å². The Bertz CT molecular complexity index is 816. The number of pyridine rings is 1. The van der Waals surface area contributed by atoms with Gasteiger partial charge in [0.1, 0.15) is 4.64 Å². The molecular formula is C16H15N3S. The number of fused-ring (bicyclic) bond motifs is 1. The third kappa shape index (κ3) is 2.12. The van der Waals surface area contributed by atoms with Crippen molar-refractivity contribution in [1.29, 1.82) is 0 Å². The highest BCUT2D eigenvalue weighted by Gasteiger charge is 2.13. The number of benzene rings is 1. The van der Waals surface area contributed by atoms with Crippen molar-refractivity contribution in [3.63, 3.8) is 0 Å². The van der Waals surface area contributed by atoms with Crippen LogP contribution in [-0.4, -0.2) is 15.0 Å². The molecule has 0 aliphatic carbocycles. The van der Waals surface area contributed by atoms with Gasteiger partial charge >= 0.3 is 0 Å². The van der Waals surface area contributed by atoms with Gasteiger partial charge in [-0.15, -0.1) is 0 Å². The van der Waals surface area contributed by atoms with Crippen LogP contribution in [0.15, 0.2) is 42.9 Å². The lowest BCUT2D eigenvalue weighted by Gasteiger charge is -2.14. The van der Waals surface area contributed by atoms with Crippen molar-refractivity contribution in [1.82, 2.24) is 15.0 Å². The quantitative estimate of drug-likeness (QED) is 0.704. The van der Waals surface area contributed by atoms with Crippen molar-refractivity contribution in [2.45, 2.75) is 19.8 Å². The van der Waals surface area contributed by atoms with E-state index in [0.29, 0.717) is 10.6 Å². The van der Waals surface area contributed by atoms with E-state index in [1.54, 1.807) is 6.33 Å². The van der Waals surface area contributed by atoms with E-state index in [1.165, 1.54) is 0 Å². The zero-order valence-corrected chi connectivity index (χ0v) is 12.2. The van der Waals surface area contributed by atoms with Crippen molar-refractivity contribution in [2.24, 2.45) is 0 Å². The van der Waals surface area contributed by atoms with Crippen LogP contribution in [0.2, 0.25) is 0 Å². The predicted molar refractivity (Wildman–Crippen MR) is 84.2 cm³/mol. The van der Waals surface area contributed by atoms with E-state index in [4.69, 9.17) is 12.2 Å². The number of aromatic amines is 1. The first kappa shape index (κ1) is 12.9. The summed E-state index contributed by atoms with van der Waals surface area (Å²) in [5.41, 5.74) is 4.22. The number of nitrogens with zero attached hydrogens (tertiary/aromatic N) is 2. The molecule has 2 heterocycles. The maximum atomic E-state index is 5.39. The molecule has 4 heteroatoms. The van der Waals surface area contributed by atoms with Crippen LogP contribution in [0.1, 0.15) is 25.3 Å². The van der Waals surface area contributed by atoms with Gasteiger partial charge in [-0.3, -0.25) is 4.98 Å². The number of rotatable bonds is 2. The Morgan fingerprint density at radius 1 is 1.10 bits per heavy atom. The first-order valence-corrected chi connectivity index (χ1v) is 7.01. The van der Waals surface area contributed by atoms with Gasteiger partial charge in [0.05, 0.1) is 17.5 Å². The molecule has 3 rings (SSSR count). The predicted octanol–water partition coefficient (Wildman–Crippen LogP) is 4.48. The first-order valence-electron chi connectivity index (χ1n) is 6.60. The van der Waals surface area contributed by atoms with E-state index < -0.39 is 0 Å². The van der Waals surface area contributed by atoms with Gasteiger partial charge in [0, 0.05) is 22.7 Å². The Labute approximate surface area is 122 Å². The number of hydrogen-bond acceptors (Lipinski definition) is 3. The lowest BCUT2D eigenvalue weighted by Crippen LogP contribution is -1.99. The van der Waals surface area contributed by atoms with E-state index in [1.807, 2.05) is 24.4 Å². The molecule has 20 heavy (non-hydrogen) atoms. The zero-order chi connectivity index (χ0) is 14.1. The number of hydrogen-bond donors (Lipinski definition) is 1. The topological polar surface area (TPSA) is 41.6 Å². The highest BCUT2D eigenvalue weighted by molar-refractivity contribution is 7.71. The minimum atomic E-state index is 0.314. The molecule has 1 N–H and O–H groups in total. The highest BCUT2D eigenvalue weighted by atomic mass is 32.1. The largest absolute Gasteiger partial charge is 0.346 e. The van der Waals surface area contributed by atoms with Crippen LogP contribution in [-0.2, 0) is 0 Å². The summed E-state index contributed by atoms with van der Waals surface area (Å²) < 4.78 is 0.662. The van der Waals surface area contributed by atoms with Gasteiger partial charge in [-0.2, -0.15) is 0 Å². The van der Waals surface area contributed by atoms with Gasteiger partial charge in [-0.1, -0.05) is 44.3 Å². The van der Waals surface area contributed by atoms with E-state index in [-0.39, 0.29) is 0 Å². The summed E-state index contributed by atoms with van der Waals surface area (Å²) in [5.74, 6) is 0.314. The van der Waals surface area contributed by atoms with E-state index in [0.717, 1.165) is 27.7 Å². The molecular weight excluding hydrogens is 266 g/mol. The molecule has 0 aliphatic heterocycles. The Morgan fingerprint density at radius 3 is 2.75 bits per heavy atom. The second kappa shape index (κ2) is 5.13. The van der Waals surface area contributed by atoms with E-state index in [2.05, 4.69) is 40.9 Å². The second-order valence-electron chi connectivity index (χ2n) is 5.03. The van der Waals surface area contributed by atoms with Gasteiger partial charge in [0.25, 0.3) is 0 Å². The summed E-state index contributed by atoms with van der Waals surface area (Å²) in [4.78, 5) is 11.9. The van der Waals surface area contributed by atoms with Crippen LogP contribution in [0, 0.1) is 4.64 Å². The SMILES string of the molecule is CC(C)c1c(-c2cccc3ncccc23)[nH]cnc1=S. The molecule has 0 bridgehead atoms. The average molecular weight is 281 g/mol. The Balaban J connectivity index is 2.38. The smallest absolute Gasteiger partial charge is 0.133 e. The van der Waals surface area contributed by atoms with E-state index in [9.17, 15) is 0 Å². The van der Waals surface area contributed by atoms with Crippen molar-refractivity contribution in [3.8, 4) is 11.3 Å². The average Bonchev–Trinajstić information content (AvgIpc) is 2.46. The maximum Gasteiger partial charge on any atom is 0.133 e. The van der Waals surface area contributed by atoms with Gasteiger partial charge in [-0.25, -0.2) is 4.98 Å². The number of H-pyrrole nitrogens is 1. The van der Waals surface area contributed by atoms with Gasteiger partial charge in [0.2, 0.25) is 0 Å². The minimum absolute atomic E-state index is 0.314. The standard InChI is InChI=1S/C16H15N3S/c1-10(2)14-15(18-9-19-16(14)20)12-5-3-7-13-11(12)6-4-8-17-13/h3-10H,1-2H3,(H,18,19,20). The molecule has 0 saturated heterocycles. The normalized spacial score (nSPS) is 11.2. The van der Waals surface area contributed by atoms with Crippen LogP contribution in [0.3, 0.4) is 0 Å². The van der Waals surface area contributed by atoms with Crippen molar-refractivity contribution < 1.29 is 0 Å². The summed E-state index contributed by atoms with van der Waals surface area (Å²) in [6, 6.07) is 10.2. The molecule has 3 nitrogen and oxygen atoms in total. The first-order chi connectivity index (χ1) is 9.68. The van der Waals surface area contributed by atoms with Crippen LogP contribution in [0.4, 0.5) is 0 Å². The van der Waals surface area contributed by atoms with Crippen molar-refractivity contribution in [2.75, 3.05) is 0 Å².